The summed E-state index contributed by atoms with van der Waals surface area (Å²) in [5.74, 6) is -3.64. The number of hydrogen-bond donors (Lipinski definition) is 2. The summed E-state index contributed by atoms with van der Waals surface area (Å²) in [5, 5.41) is 22.2. The van der Waals surface area contributed by atoms with Gasteiger partial charge in [0.15, 0.2) is 0 Å². The monoisotopic (exact) mass is 640 g/mol. The van der Waals surface area contributed by atoms with Crippen LogP contribution >= 0.6 is 0 Å². The van der Waals surface area contributed by atoms with E-state index in [0.29, 0.717) is 12.0 Å². The molecule has 2 aromatic carbocycles. The zero-order valence-corrected chi connectivity index (χ0v) is 30.6. The van der Waals surface area contributed by atoms with Crippen molar-refractivity contribution in [2.24, 2.45) is 11.3 Å². The van der Waals surface area contributed by atoms with Crippen LogP contribution in [0.25, 0.3) is 0 Å². The second-order valence-electron chi connectivity index (χ2n) is 18.1. The van der Waals surface area contributed by atoms with Gasteiger partial charge < -0.3 is 10.2 Å². The Morgan fingerprint density at radius 3 is 1.28 bits per heavy atom. The Kier molecular flexibility index (Phi) is 9.88. The van der Waals surface area contributed by atoms with Gasteiger partial charge in [0.2, 0.25) is 0 Å². The van der Waals surface area contributed by atoms with Crippen LogP contribution in [0.5, 0.6) is 11.5 Å². The summed E-state index contributed by atoms with van der Waals surface area (Å²) < 4.78 is 0. The molecule has 1 atom stereocenters. The number of hydrogen-bond acceptors (Lipinski definition) is 8. The van der Waals surface area contributed by atoms with Gasteiger partial charge >= 0.3 is 17.7 Å². The highest BCUT2D eigenvalue weighted by Gasteiger charge is 2.60. The van der Waals surface area contributed by atoms with E-state index in [-0.39, 0.29) is 39.6 Å². The molecule has 1 aliphatic heterocycles. The number of phenols is 2. The van der Waals surface area contributed by atoms with Gasteiger partial charge in [-0.1, -0.05) is 128 Å². The predicted octanol–water partition coefficient (Wildman–Crippen LogP) is 8.39. The summed E-state index contributed by atoms with van der Waals surface area (Å²) in [6.07, 6.45) is 0.306. The lowest BCUT2D eigenvalue weighted by atomic mass is 9.74. The van der Waals surface area contributed by atoms with Crippen LogP contribution in [0.15, 0.2) is 24.3 Å². The molecule has 3 rings (SSSR count). The molecule has 2 N–H and O–H groups in total. The molecular formula is C38H56O8. The molecule has 1 aliphatic rings. The van der Waals surface area contributed by atoms with E-state index < -0.39 is 29.1 Å². The summed E-state index contributed by atoms with van der Waals surface area (Å²) in [4.78, 5) is 47.3. The maximum absolute atomic E-state index is 13.5. The van der Waals surface area contributed by atoms with E-state index in [1.54, 1.807) is 0 Å². The Bertz CT molecular complexity index is 1390. The molecule has 0 spiro atoms. The third-order valence-corrected chi connectivity index (χ3v) is 8.57. The van der Waals surface area contributed by atoms with Crippen LogP contribution in [0.4, 0.5) is 0 Å². The average Bonchev–Trinajstić information content (AvgIpc) is 3.64. The zero-order chi connectivity index (χ0) is 35.4. The van der Waals surface area contributed by atoms with E-state index in [2.05, 4.69) is 0 Å². The SMILES string of the molecule is CC(C)(C)c1cc(CC(C(=O)OOC(=O)C2(Cc3cc(C(C)(C)C)c(O)c(C(C)(C)C)c3)OO2)C(C)(C)C)cc(C(C)(C)C)c1O. The summed E-state index contributed by atoms with van der Waals surface area (Å²) in [6, 6.07) is 7.56. The third-order valence-electron chi connectivity index (χ3n) is 8.57. The van der Waals surface area contributed by atoms with Crippen LogP contribution in [0.3, 0.4) is 0 Å². The third kappa shape index (κ3) is 8.43. The molecule has 8 heteroatoms. The molecule has 256 valence electrons. The number of carbonyl (C=O) groups is 2. The quantitative estimate of drug-likeness (QED) is 0.184. The number of aromatic hydroxyl groups is 2. The van der Waals surface area contributed by atoms with Crippen LogP contribution in [-0.2, 0) is 63.6 Å². The van der Waals surface area contributed by atoms with Gasteiger partial charge in [0.1, 0.15) is 11.5 Å². The minimum Gasteiger partial charge on any atom is -0.507 e. The van der Waals surface area contributed by atoms with Gasteiger partial charge in [0.05, 0.1) is 5.92 Å². The number of carbonyl (C=O) groups excluding carboxylic acids is 2. The summed E-state index contributed by atoms with van der Waals surface area (Å²) in [5.41, 5.74) is 2.70. The van der Waals surface area contributed by atoms with Crippen molar-refractivity contribution in [2.75, 3.05) is 0 Å². The molecule has 0 amide bonds. The highest BCUT2D eigenvalue weighted by Crippen LogP contribution is 2.44. The molecule has 0 radical (unpaired) electrons. The Balaban J connectivity index is 1.85. The maximum atomic E-state index is 13.5. The molecule has 46 heavy (non-hydrogen) atoms. The summed E-state index contributed by atoms with van der Waals surface area (Å²) in [6.45, 7) is 30.0. The van der Waals surface area contributed by atoms with Gasteiger partial charge in [-0.15, -0.1) is 0 Å². The van der Waals surface area contributed by atoms with E-state index in [1.165, 1.54) is 0 Å². The lowest BCUT2D eigenvalue weighted by Crippen LogP contribution is -2.35. The number of phenolic OH excluding ortho intramolecular Hbond substituents is 2. The van der Waals surface area contributed by atoms with Crippen molar-refractivity contribution in [1.82, 2.24) is 0 Å². The Morgan fingerprint density at radius 2 is 0.978 bits per heavy atom. The van der Waals surface area contributed by atoms with E-state index in [1.807, 2.05) is 128 Å². The first-order valence-corrected chi connectivity index (χ1v) is 16.1. The summed E-state index contributed by atoms with van der Waals surface area (Å²) in [7, 11) is 0. The van der Waals surface area contributed by atoms with Gasteiger partial charge in [-0.05, 0) is 66.9 Å². The van der Waals surface area contributed by atoms with Crippen LogP contribution in [-0.4, -0.2) is 27.9 Å². The second kappa shape index (κ2) is 12.2. The standard InChI is InChI=1S/C38H56O8/c1-33(2,3)24-16-22(17-25(29(24)39)34(4,5)6)18-28(37(13,14)15)31(41)43-44-32(42)38(45-46-38)21-23-19-26(35(7,8)9)30(40)27(20-23)36(10,11)12/h16-17,19-20,28,39-40H,18,21H2,1-15H3. The minimum atomic E-state index is -1.76. The first-order chi connectivity index (χ1) is 20.6. The number of benzene rings is 2. The fourth-order valence-corrected chi connectivity index (χ4v) is 5.59. The van der Waals surface area contributed by atoms with Crippen LogP contribution in [0.2, 0.25) is 0 Å². The van der Waals surface area contributed by atoms with Gasteiger partial charge in [-0.3, -0.25) is 0 Å². The molecule has 1 saturated heterocycles. The van der Waals surface area contributed by atoms with E-state index in [0.717, 1.165) is 27.8 Å². The maximum Gasteiger partial charge on any atom is 0.420 e. The van der Waals surface area contributed by atoms with E-state index >= 15 is 0 Å². The predicted molar refractivity (Wildman–Crippen MR) is 178 cm³/mol. The highest BCUT2D eigenvalue weighted by atomic mass is 17.4. The lowest BCUT2D eigenvalue weighted by molar-refractivity contribution is -0.268. The van der Waals surface area contributed by atoms with Crippen molar-refractivity contribution in [3.8, 4) is 11.5 Å². The largest absolute Gasteiger partial charge is 0.507 e. The molecule has 8 nitrogen and oxygen atoms in total. The molecular weight excluding hydrogens is 584 g/mol. The molecule has 2 aromatic rings. The highest BCUT2D eigenvalue weighted by molar-refractivity contribution is 5.81. The topological polar surface area (TPSA) is 118 Å². The van der Waals surface area contributed by atoms with Crippen molar-refractivity contribution in [3.63, 3.8) is 0 Å². The Hall–Kier alpha value is -3.10. The van der Waals surface area contributed by atoms with Crippen molar-refractivity contribution in [2.45, 2.75) is 144 Å². The molecule has 0 saturated carbocycles. The second-order valence-corrected chi connectivity index (χ2v) is 18.1. The normalized spacial score (nSPS) is 16.2. The minimum absolute atomic E-state index is 0.00279. The van der Waals surface area contributed by atoms with Gasteiger partial charge in [-0.25, -0.2) is 19.4 Å². The molecule has 0 aliphatic carbocycles. The van der Waals surface area contributed by atoms with E-state index in [4.69, 9.17) is 19.6 Å². The fraction of sp³-hybridized carbons (Fsp3) is 0.632. The zero-order valence-electron chi connectivity index (χ0n) is 30.6. The van der Waals surface area contributed by atoms with Crippen LogP contribution in [0.1, 0.15) is 137 Å². The first kappa shape index (κ1) is 37.4. The molecule has 0 aromatic heterocycles. The molecule has 1 fully saturated rings. The van der Waals surface area contributed by atoms with Gasteiger partial charge in [0.25, 0.3) is 0 Å². The van der Waals surface area contributed by atoms with Crippen molar-refractivity contribution in [3.05, 3.63) is 57.6 Å². The van der Waals surface area contributed by atoms with Gasteiger partial charge in [-0.2, -0.15) is 9.78 Å². The summed E-state index contributed by atoms with van der Waals surface area (Å²) >= 11 is 0. The van der Waals surface area contributed by atoms with Crippen molar-refractivity contribution < 1.29 is 39.4 Å². The number of rotatable bonds is 6. The fourth-order valence-electron chi connectivity index (χ4n) is 5.59. The van der Waals surface area contributed by atoms with Crippen LogP contribution < -0.4 is 0 Å². The first-order valence-electron chi connectivity index (χ1n) is 16.1. The molecule has 0 bridgehead atoms. The lowest BCUT2D eigenvalue weighted by Gasteiger charge is -2.31. The molecule has 1 unspecified atom stereocenters. The van der Waals surface area contributed by atoms with Crippen molar-refractivity contribution >= 4 is 11.9 Å². The smallest absolute Gasteiger partial charge is 0.420 e. The Labute approximate surface area is 275 Å². The molecule has 1 heterocycles. The van der Waals surface area contributed by atoms with Gasteiger partial charge in [0, 0.05) is 6.42 Å². The Morgan fingerprint density at radius 1 is 0.630 bits per heavy atom. The van der Waals surface area contributed by atoms with E-state index in [9.17, 15) is 19.8 Å². The van der Waals surface area contributed by atoms with Crippen LogP contribution in [0, 0.1) is 11.3 Å². The average molecular weight is 641 g/mol. The van der Waals surface area contributed by atoms with Crippen molar-refractivity contribution in [1.29, 1.82) is 0 Å².